The Bertz CT molecular complexity index is 391. The van der Waals surface area contributed by atoms with Gasteiger partial charge in [0.2, 0.25) is 0 Å². The Kier molecular flexibility index (Phi) is 3.71. The van der Waals surface area contributed by atoms with Gasteiger partial charge in [-0.05, 0) is 56.9 Å². The Morgan fingerprint density at radius 1 is 1.39 bits per heavy atom. The van der Waals surface area contributed by atoms with Crippen LogP contribution in [-0.2, 0) is 6.42 Å². The quantitative estimate of drug-likeness (QED) is 0.851. The summed E-state index contributed by atoms with van der Waals surface area (Å²) in [5.74, 6) is 3.07. The molecule has 0 radical (unpaired) electrons. The molecule has 1 N–H and O–H groups in total. The largest absolute Gasteiger partial charge is 0.313 e. The first-order valence-electron chi connectivity index (χ1n) is 7.40. The zero-order valence-corrected chi connectivity index (χ0v) is 12.3. The highest BCUT2D eigenvalue weighted by atomic mass is 32.1. The van der Waals surface area contributed by atoms with E-state index in [1.165, 1.54) is 36.4 Å². The molecule has 2 aliphatic carbocycles. The highest BCUT2D eigenvalue weighted by Crippen LogP contribution is 2.55. The second kappa shape index (κ2) is 5.30. The van der Waals surface area contributed by atoms with Gasteiger partial charge in [0.05, 0.1) is 5.01 Å². The summed E-state index contributed by atoms with van der Waals surface area (Å²) in [6.45, 7) is 5.50. The summed E-state index contributed by atoms with van der Waals surface area (Å²) >= 11 is 1.83. The highest BCUT2D eigenvalue weighted by Gasteiger charge is 2.47. The highest BCUT2D eigenvalue weighted by molar-refractivity contribution is 7.09. The van der Waals surface area contributed by atoms with Gasteiger partial charge in [-0.3, -0.25) is 0 Å². The van der Waals surface area contributed by atoms with Gasteiger partial charge in [0.25, 0.3) is 0 Å². The Morgan fingerprint density at radius 2 is 2.17 bits per heavy atom. The number of aryl methyl sites for hydroxylation is 1. The molecule has 0 saturated heterocycles. The van der Waals surface area contributed by atoms with Crippen LogP contribution in [0.4, 0.5) is 0 Å². The molecule has 18 heavy (non-hydrogen) atoms. The maximum absolute atomic E-state index is 4.64. The molecule has 0 amide bonds. The fourth-order valence-corrected chi connectivity index (χ4v) is 4.34. The molecule has 2 aliphatic rings. The smallest absolute Gasteiger partial charge is 0.0943 e. The van der Waals surface area contributed by atoms with Crippen LogP contribution in [0.3, 0.4) is 0 Å². The molecule has 3 rings (SSSR count). The van der Waals surface area contributed by atoms with Gasteiger partial charge >= 0.3 is 0 Å². The number of thiazole rings is 1. The van der Waals surface area contributed by atoms with Gasteiger partial charge in [0.1, 0.15) is 0 Å². The lowest BCUT2D eigenvalue weighted by Gasteiger charge is -2.25. The van der Waals surface area contributed by atoms with Crippen molar-refractivity contribution < 1.29 is 0 Å². The van der Waals surface area contributed by atoms with Crippen molar-refractivity contribution in [3.8, 4) is 0 Å². The predicted molar refractivity (Wildman–Crippen MR) is 77.0 cm³/mol. The first-order valence-corrected chi connectivity index (χ1v) is 8.28. The van der Waals surface area contributed by atoms with E-state index in [2.05, 4.69) is 29.5 Å². The summed E-state index contributed by atoms with van der Waals surface area (Å²) in [5.41, 5.74) is 1.18. The number of nitrogens with one attached hydrogen (secondary N) is 1. The summed E-state index contributed by atoms with van der Waals surface area (Å²) in [6, 6.07) is 0.670. The van der Waals surface area contributed by atoms with Crippen molar-refractivity contribution in [3.05, 3.63) is 16.1 Å². The summed E-state index contributed by atoms with van der Waals surface area (Å²) in [5, 5.41) is 7.28. The number of aromatic nitrogens is 1. The zero-order valence-electron chi connectivity index (χ0n) is 11.5. The summed E-state index contributed by atoms with van der Waals surface area (Å²) < 4.78 is 0. The van der Waals surface area contributed by atoms with E-state index in [0.717, 1.165) is 30.7 Å². The third kappa shape index (κ3) is 2.77. The van der Waals surface area contributed by atoms with Crippen LogP contribution in [0.1, 0.15) is 43.3 Å². The molecule has 3 atom stereocenters. The lowest BCUT2D eigenvalue weighted by Crippen LogP contribution is -2.38. The molecule has 100 valence electrons. The number of hydrogen-bond donors (Lipinski definition) is 1. The second-order valence-corrected chi connectivity index (χ2v) is 7.08. The van der Waals surface area contributed by atoms with Crippen LogP contribution in [0.15, 0.2) is 5.38 Å². The molecule has 3 unspecified atom stereocenters. The Morgan fingerprint density at radius 3 is 2.78 bits per heavy atom. The maximum Gasteiger partial charge on any atom is 0.0943 e. The van der Waals surface area contributed by atoms with Crippen LogP contribution < -0.4 is 5.32 Å². The van der Waals surface area contributed by atoms with Gasteiger partial charge in [0.15, 0.2) is 0 Å². The van der Waals surface area contributed by atoms with E-state index < -0.39 is 0 Å². The molecule has 0 aromatic carbocycles. The van der Waals surface area contributed by atoms with Crippen LogP contribution in [0.25, 0.3) is 0 Å². The van der Waals surface area contributed by atoms with Gasteiger partial charge < -0.3 is 5.32 Å². The normalized spacial score (nSPS) is 31.3. The van der Waals surface area contributed by atoms with Crippen LogP contribution >= 0.6 is 11.3 Å². The fraction of sp³-hybridized carbons (Fsp3) is 0.800. The molecule has 2 saturated carbocycles. The molecule has 2 fully saturated rings. The molecule has 0 aliphatic heterocycles. The van der Waals surface area contributed by atoms with Gasteiger partial charge in [-0.2, -0.15) is 0 Å². The van der Waals surface area contributed by atoms with E-state index in [4.69, 9.17) is 0 Å². The van der Waals surface area contributed by atoms with Crippen molar-refractivity contribution in [3.63, 3.8) is 0 Å². The van der Waals surface area contributed by atoms with Crippen molar-refractivity contribution >= 4 is 11.3 Å². The fourth-order valence-electron chi connectivity index (χ4n) is 3.51. The second-order valence-electron chi connectivity index (χ2n) is 6.13. The SMILES string of the molecule is CCCNC(Cc1nc(C)cs1)C1CC2CC2C1. The van der Waals surface area contributed by atoms with Crippen molar-refractivity contribution in [1.29, 1.82) is 0 Å². The Hall–Kier alpha value is -0.410. The van der Waals surface area contributed by atoms with Crippen LogP contribution in [0, 0.1) is 24.7 Å². The lowest BCUT2D eigenvalue weighted by molar-refractivity contribution is 0.332. The monoisotopic (exact) mass is 264 g/mol. The third-order valence-corrected chi connectivity index (χ3v) is 5.56. The zero-order chi connectivity index (χ0) is 12.5. The minimum atomic E-state index is 0.670. The third-order valence-electron chi connectivity index (χ3n) is 4.57. The summed E-state index contributed by atoms with van der Waals surface area (Å²) in [4.78, 5) is 4.64. The molecular weight excluding hydrogens is 240 g/mol. The van der Waals surface area contributed by atoms with Crippen molar-refractivity contribution in [2.75, 3.05) is 6.54 Å². The van der Waals surface area contributed by atoms with Crippen molar-refractivity contribution in [2.45, 2.75) is 52.0 Å². The Balaban J connectivity index is 1.61. The van der Waals surface area contributed by atoms with E-state index in [1.54, 1.807) is 0 Å². The van der Waals surface area contributed by atoms with E-state index in [-0.39, 0.29) is 0 Å². The molecule has 2 nitrogen and oxygen atoms in total. The molecule has 0 bridgehead atoms. The van der Waals surface area contributed by atoms with E-state index in [9.17, 15) is 0 Å². The number of nitrogens with zero attached hydrogens (tertiary/aromatic N) is 1. The lowest BCUT2D eigenvalue weighted by atomic mass is 9.92. The molecule has 1 heterocycles. The van der Waals surface area contributed by atoms with Gasteiger partial charge in [-0.15, -0.1) is 11.3 Å². The van der Waals surface area contributed by atoms with Crippen molar-refractivity contribution in [2.24, 2.45) is 17.8 Å². The summed E-state index contributed by atoms with van der Waals surface area (Å²) in [6.07, 6.45) is 6.83. The van der Waals surface area contributed by atoms with Gasteiger partial charge in [0, 0.05) is 23.5 Å². The summed E-state index contributed by atoms with van der Waals surface area (Å²) in [7, 11) is 0. The average molecular weight is 264 g/mol. The molecule has 1 aromatic heterocycles. The van der Waals surface area contributed by atoms with Gasteiger partial charge in [-0.25, -0.2) is 4.98 Å². The standard InChI is InChI=1S/C15H24N2S/c1-3-4-16-14(8-15-17-10(2)9-18-15)13-6-11-5-12(11)7-13/h9,11-14,16H,3-8H2,1-2H3. The van der Waals surface area contributed by atoms with Crippen molar-refractivity contribution in [1.82, 2.24) is 10.3 Å². The first kappa shape index (κ1) is 12.6. The van der Waals surface area contributed by atoms with Crippen LogP contribution in [-0.4, -0.2) is 17.6 Å². The minimum Gasteiger partial charge on any atom is -0.313 e. The number of rotatable bonds is 6. The van der Waals surface area contributed by atoms with E-state index in [1.807, 2.05) is 11.3 Å². The van der Waals surface area contributed by atoms with E-state index in [0.29, 0.717) is 6.04 Å². The molecule has 0 spiro atoms. The Labute approximate surface area is 114 Å². The molecular formula is C15H24N2S. The molecule has 3 heteroatoms. The predicted octanol–water partition coefficient (Wildman–Crippen LogP) is 3.41. The van der Waals surface area contributed by atoms with Crippen LogP contribution in [0.2, 0.25) is 0 Å². The maximum atomic E-state index is 4.64. The number of fused-ring (bicyclic) bond motifs is 1. The first-order chi connectivity index (χ1) is 8.76. The average Bonchev–Trinajstić information content (AvgIpc) is 2.78. The number of hydrogen-bond acceptors (Lipinski definition) is 3. The van der Waals surface area contributed by atoms with E-state index >= 15 is 0 Å². The topological polar surface area (TPSA) is 24.9 Å². The molecule has 1 aromatic rings. The van der Waals surface area contributed by atoms with Gasteiger partial charge in [-0.1, -0.05) is 6.92 Å². The minimum absolute atomic E-state index is 0.670. The van der Waals surface area contributed by atoms with Crippen LogP contribution in [0.5, 0.6) is 0 Å².